The van der Waals surface area contributed by atoms with Gasteiger partial charge in [-0.3, -0.25) is 0 Å². The van der Waals surface area contributed by atoms with Crippen LogP contribution in [0.25, 0.3) is 0 Å². The van der Waals surface area contributed by atoms with E-state index in [1.165, 1.54) is 6.08 Å². The fraction of sp³-hybridized carbons (Fsp3) is 0.143. The second-order valence-electron chi connectivity index (χ2n) is 1.61. The topological polar surface area (TPSA) is 46.2 Å². The summed E-state index contributed by atoms with van der Waals surface area (Å²) in [5, 5.41) is 8.53. The van der Waals surface area contributed by atoms with Gasteiger partial charge in [-0.25, -0.2) is 0 Å². The van der Waals surface area contributed by atoms with Crippen molar-refractivity contribution in [1.82, 2.24) is 0 Å². The molecule has 0 saturated heterocycles. The van der Waals surface area contributed by atoms with Crippen LogP contribution < -0.4 is 5.73 Å². The third-order valence-corrected chi connectivity index (χ3v) is 0.802. The Kier molecular flexibility index (Phi) is 3.28. The average Bonchev–Trinajstić information content (AvgIpc) is 1.83. The highest BCUT2D eigenvalue weighted by atomic mass is 16.3. The van der Waals surface area contributed by atoms with Crippen LogP contribution >= 0.6 is 0 Å². The highest BCUT2D eigenvalue weighted by molar-refractivity contribution is 5.19. The normalized spacial score (nSPS) is 12.3. The lowest BCUT2D eigenvalue weighted by atomic mass is 10.3. The van der Waals surface area contributed by atoms with E-state index in [4.69, 9.17) is 10.8 Å². The molecule has 50 valence electrons. The first-order valence-electron chi connectivity index (χ1n) is 2.64. The number of aliphatic hydroxyl groups is 1. The zero-order valence-corrected chi connectivity index (χ0v) is 5.46. The molecule has 0 spiro atoms. The van der Waals surface area contributed by atoms with Gasteiger partial charge in [0.1, 0.15) is 5.76 Å². The summed E-state index contributed by atoms with van der Waals surface area (Å²) in [5.74, 6) is 0.0137. The molecule has 2 nitrogen and oxygen atoms in total. The Bertz CT molecular complexity index is 156. The van der Waals surface area contributed by atoms with Crippen molar-refractivity contribution < 1.29 is 5.11 Å². The van der Waals surface area contributed by atoms with Crippen molar-refractivity contribution in [2.75, 3.05) is 0 Å². The number of hydrogen-bond donors (Lipinski definition) is 2. The Morgan fingerprint density at radius 2 is 2.11 bits per heavy atom. The van der Waals surface area contributed by atoms with Gasteiger partial charge >= 0.3 is 0 Å². The van der Waals surface area contributed by atoms with Crippen molar-refractivity contribution in [3.63, 3.8) is 0 Å². The lowest BCUT2D eigenvalue weighted by Gasteiger charge is -1.87. The molecule has 0 aromatic rings. The van der Waals surface area contributed by atoms with Crippen LogP contribution in [0.5, 0.6) is 0 Å². The maximum atomic E-state index is 8.53. The first-order valence-corrected chi connectivity index (χ1v) is 2.64. The maximum absolute atomic E-state index is 8.53. The van der Waals surface area contributed by atoms with Crippen LogP contribution in [0.15, 0.2) is 36.3 Å². The van der Waals surface area contributed by atoms with Gasteiger partial charge in [0.2, 0.25) is 0 Å². The van der Waals surface area contributed by atoms with Crippen molar-refractivity contribution in [3.8, 4) is 0 Å². The van der Waals surface area contributed by atoms with Gasteiger partial charge in [-0.2, -0.15) is 0 Å². The summed E-state index contributed by atoms with van der Waals surface area (Å²) in [6, 6.07) is 0. The Hall–Kier alpha value is -1.18. The van der Waals surface area contributed by atoms with Gasteiger partial charge in [0.05, 0.1) is 0 Å². The van der Waals surface area contributed by atoms with Gasteiger partial charge in [0, 0.05) is 5.70 Å². The molecule has 0 aliphatic rings. The molecule has 0 saturated carbocycles. The van der Waals surface area contributed by atoms with Gasteiger partial charge in [0.15, 0.2) is 0 Å². The minimum Gasteiger partial charge on any atom is -0.509 e. The average molecular weight is 125 g/mol. The molecular weight excluding hydrogens is 114 g/mol. The molecule has 0 aliphatic carbocycles. The quantitative estimate of drug-likeness (QED) is 0.433. The van der Waals surface area contributed by atoms with Gasteiger partial charge < -0.3 is 10.8 Å². The summed E-state index contributed by atoms with van der Waals surface area (Å²) in [6.45, 7) is 5.07. The zero-order valence-electron chi connectivity index (χ0n) is 5.46. The summed E-state index contributed by atoms with van der Waals surface area (Å²) >= 11 is 0. The molecule has 9 heavy (non-hydrogen) atoms. The molecule has 0 amide bonds. The third kappa shape index (κ3) is 4.68. The van der Waals surface area contributed by atoms with E-state index < -0.39 is 0 Å². The van der Waals surface area contributed by atoms with Crippen LogP contribution in [-0.2, 0) is 0 Å². The van der Waals surface area contributed by atoms with Crippen LogP contribution in [-0.4, -0.2) is 5.11 Å². The fourth-order valence-corrected chi connectivity index (χ4v) is 0.289. The van der Waals surface area contributed by atoms with E-state index >= 15 is 0 Å². The van der Waals surface area contributed by atoms with E-state index in [1.807, 2.05) is 6.92 Å². The zero-order chi connectivity index (χ0) is 7.28. The second-order valence-corrected chi connectivity index (χ2v) is 1.61. The predicted octanol–water partition coefficient (Wildman–Crippen LogP) is 1.48. The number of rotatable bonds is 2. The van der Waals surface area contributed by atoms with E-state index in [0.717, 1.165) is 0 Å². The molecule has 0 atom stereocenters. The lowest BCUT2D eigenvalue weighted by Crippen LogP contribution is -1.90. The Balaban J connectivity index is 3.86. The van der Waals surface area contributed by atoms with Crippen LogP contribution in [0.3, 0.4) is 0 Å². The van der Waals surface area contributed by atoms with Gasteiger partial charge in [-0.05, 0) is 19.1 Å². The van der Waals surface area contributed by atoms with E-state index in [9.17, 15) is 0 Å². The summed E-state index contributed by atoms with van der Waals surface area (Å²) in [7, 11) is 0. The first kappa shape index (κ1) is 7.82. The van der Waals surface area contributed by atoms with Crippen molar-refractivity contribution in [2.45, 2.75) is 6.92 Å². The molecular formula is C7H11NO. The Morgan fingerprint density at radius 1 is 1.56 bits per heavy atom. The van der Waals surface area contributed by atoms with Crippen LogP contribution in [0.4, 0.5) is 0 Å². The minimum atomic E-state index is 0.0137. The first-order chi connectivity index (χ1) is 4.16. The molecule has 0 bridgehead atoms. The van der Waals surface area contributed by atoms with E-state index in [0.29, 0.717) is 5.70 Å². The molecule has 0 aromatic heterocycles. The molecule has 0 rings (SSSR count). The smallest absolute Gasteiger partial charge is 0.108 e. The SMILES string of the molecule is C=C(O)/C=C\C(N)=C/C. The van der Waals surface area contributed by atoms with Crippen LogP contribution in [0.2, 0.25) is 0 Å². The summed E-state index contributed by atoms with van der Waals surface area (Å²) in [6.07, 6.45) is 4.76. The van der Waals surface area contributed by atoms with Crippen molar-refractivity contribution in [1.29, 1.82) is 0 Å². The summed E-state index contributed by atoms with van der Waals surface area (Å²) in [4.78, 5) is 0. The molecule has 2 heteroatoms. The van der Waals surface area contributed by atoms with Crippen molar-refractivity contribution in [3.05, 3.63) is 36.3 Å². The third-order valence-electron chi connectivity index (χ3n) is 0.802. The minimum absolute atomic E-state index is 0.0137. The lowest BCUT2D eigenvalue weighted by molar-refractivity contribution is 0.435. The number of nitrogens with two attached hydrogens (primary N) is 1. The van der Waals surface area contributed by atoms with Gasteiger partial charge in [-0.15, -0.1) is 0 Å². The summed E-state index contributed by atoms with van der Waals surface area (Å²) in [5.41, 5.74) is 5.96. The number of aliphatic hydroxyl groups excluding tert-OH is 1. The van der Waals surface area contributed by atoms with Crippen molar-refractivity contribution in [2.24, 2.45) is 5.73 Å². The monoisotopic (exact) mass is 125 g/mol. The molecule has 0 aromatic carbocycles. The van der Waals surface area contributed by atoms with E-state index in [-0.39, 0.29) is 5.76 Å². The highest BCUT2D eigenvalue weighted by Crippen LogP contribution is 1.89. The van der Waals surface area contributed by atoms with E-state index in [2.05, 4.69) is 6.58 Å². The molecule has 3 N–H and O–H groups in total. The fourth-order valence-electron chi connectivity index (χ4n) is 0.289. The largest absolute Gasteiger partial charge is 0.509 e. The molecule has 0 heterocycles. The number of allylic oxidation sites excluding steroid dienone is 3. The van der Waals surface area contributed by atoms with Crippen molar-refractivity contribution >= 4 is 0 Å². The highest BCUT2D eigenvalue weighted by Gasteiger charge is 1.77. The molecule has 0 radical (unpaired) electrons. The predicted molar refractivity (Wildman–Crippen MR) is 38.9 cm³/mol. The van der Waals surface area contributed by atoms with Crippen LogP contribution in [0, 0.1) is 0 Å². The van der Waals surface area contributed by atoms with E-state index in [1.54, 1.807) is 12.2 Å². The number of hydrogen-bond acceptors (Lipinski definition) is 2. The second kappa shape index (κ2) is 3.78. The Labute approximate surface area is 55.0 Å². The molecule has 0 fully saturated rings. The van der Waals surface area contributed by atoms with Gasteiger partial charge in [0.25, 0.3) is 0 Å². The summed E-state index contributed by atoms with van der Waals surface area (Å²) < 4.78 is 0. The molecule has 0 unspecified atom stereocenters. The maximum Gasteiger partial charge on any atom is 0.108 e. The van der Waals surface area contributed by atoms with Gasteiger partial charge in [-0.1, -0.05) is 12.7 Å². The Morgan fingerprint density at radius 3 is 2.44 bits per heavy atom. The molecule has 0 aliphatic heterocycles. The standard InChI is InChI=1S/C7H11NO/c1-3-7(8)5-4-6(2)9/h3-5,9H,2,8H2,1H3/b5-4-,7-3+. The van der Waals surface area contributed by atoms with Crippen LogP contribution in [0.1, 0.15) is 6.92 Å².